The smallest absolute Gasteiger partial charge is 0.319 e. The normalized spacial score (nSPS) is 14.3. The van der Waals surface area contributed by atoms with E-state index < -0.39 is 30.9 Å². The molecule has 2 N–H and O–H groups in total. The second-order valence-electron chi connectivity index (χ2n) is 3.28. The summed E-state index contributed by atoms with van der Waals surface area (Å²) < 4.78 is 48.1. The third-order valence-corrected chi connectivity index (χ3v) is 1.80. The fourth-order valence-electron chi connectivity index (χ4n) is 0.830. The van der Waals surface area contributed by atoms with Crippen LogP contribution in [0.4, 0.5) is 17.6 Å². The van der Waals surface area contributed by atoms with Gasteiger partial charge in [-0.3, -0.25) is 4.79 Å². The first-order valence-corrected chi connectivity index (χ1v) is 4.37. The Bertz CT molecular complexity index is 211. The van der Waals surface area contributed by atoms with Gasteiger partial charge in [0, 0.05) is 12.5 Å². The quantitative estimate of drug-likeness (QED) is 0.656. The van der Waals surface area contributed by atoms with Crippen molar-refractivity contribution in [2.75, 3.05) is 6.54 Å². The number of hydrogen-bond acceptors (Lipinski definition) is 2. The number of nitrogens with one attached hydrogen (secondary N) is 1. The van der Waals surface area contributed by atoms with Crippen molar-refractivity contribution in [3.05, 3.63) is 0 Å². The first-order chi connectivity index (χ1) is 6.75. The maximum atomic E-state index is 12.4. The van der Waals surface area contributed by atoms with Crippen LogP contribution in [0.2, 0.25) is 0 Å². The van der Waals surface area contributed by atoms with E-state index in [4.69, 9.17) is 5.11 Å². The van der Waals surface area contributed by atoms with E-state index >= 15 is 0 Å². The molecule has 0 aliphatic rings. The van der Waals surface area contributed by atoms with Crippen LogP contribution >= 0.6 is 0 Å². The van der Waals surface area contributed by atoms with Crippen molar-refractivity contribution in [3.8, 4) is 0 Å². The van der Waals surface area contributed by atoms with E-state index in [2.05, 4.69) is 5.32 Å². The van der Waals surface area contributed by atoms with E-state index in [-0.39, 0.29) is 12.8 Å². The number of aliphatic carboxylic acids is 1. The molecule has 1 atom stereocenters. The van der Waals surface area contributed by atoms with Crippen LogP contribution in [0.25, 0.3) is 0 Å². The topological polar surface area (TPSA) is 49.3 Å². The van der Waals surface area contributed by atoms with Gasteiger partial charge in [0.1, 0.15) is 0 Å². The first-order valence-electron chi connectivity index (χ1n) is 4.37. The summed E-state index contributed by atoms with van der Waals surface area (Å²) in [5.74, 6) is -5.12. The minimum atomic E-state index is -4.07. The van der Waals surface area contributed by atoms with Gasteiger partial charge >= 0.3 is 18.3 Å². The van der Waals surface area contributed by atoms with Crippen LogP contribution in [0.3, 0.4) is 0 Å². The van der Waals surface area contributed by atoms with Gasteiger partial charge in [0.2, 0.25) is 0 Å². The fourth-order valence-corrected chi connectivity index (χ4v) is 0.830. The fraction of sp³-hybridized carbons (Fsp3) is 0.875. The predicted octanol–water partition coefficient (Wildman–Crippen LogP) is 1.73. The lowest BCUT2D eigenvalue weighted by Gasteiger charge is -2.19. The Morgan fingerprint density at radius 1 is 1.47 bits per heavy atom. The number of carboxylic acids is 1. The maximum Gasteiger partial charge on any atom is 0.319 e. The van der Waals surface area contributed by atoms with Gasteiger partial charge in [0.25, 0.3) is 0 Å². The van der Waals surface area contributed by atoms with E-state index in [0.717, 1.165) is 0 Å². The van der Waals surface area contributed by atoms with Crippen LogP contribution in [0.5, 0.6) is 0 Å². The molecule has 90 valence electrons. The maximum absolute atomic E-state index is 12.4. The zero-order valence-electron chi connectivity index (χ0n) is 8.14. The average molecular weight is 231 g/mol. The third kappa shape index (κ3) is 6.27. The molecule has 15 heavy (non-hydrogen) atoms. The van der Waals surface area contributed by atoms with Crippen LogP contribution in [-0.4, -0.2) is 36.0 Å². The lowest BCUT2D eigenvalue weighted by molar-refractivity contribution is -0.137. The Balaban J connectivity index is 3.79. The Kier molecular flexibility index (Phi) is 5.56. The molecule has 0 aromatic heterocycles. The highest BCUT2D eigenvalue weighted by atomic mass is 19.3. The Labute approximate surface area is 84.5 Å². The summed E-state index contributed by atoms with van der Waals surface area (Å²) in [7, 11) is 0. The molecule has 0 spiro atoms. The summed E-state index contributed by atoms with van der Waals surface area (Å²) >= 11 is 0. The SMILES string of the molecule is CC(CCC(=O)O)NCC(F)(F)C(F)F. The summed E-state index contributed by atoms with van der Waals surface area (Å²) in [5.41, 5.74) is 0. The highest BCUT2D eigenvalue weighted by Crippen LogP contribution is 2.21. The molecule has 0 saturated heterocycles. The Morgan fingerprint density at radius 3 is 2.40 bits per heavy atom. The van der Waals surface area contributed by atoms with Gasteiger partial charge in [-0.2, -0.15) is 8.78 Å². The highest BCUT2D eigenvalue weighted by Gasteiger charge is 2.40. The molecule has 0 rings (SSSR count). The van der Waals surface area contributed by atoms with Gasteiger partial charge in [0.05, 0.1) is 6.54 Å². The molecule has 0 aliphatic heterocycles. The van der Waals surface area contributed by atoms with Crippen LogP contribution in [0.1, 0.15) is 19.8 Å². The molecule has 0 aromatic rings. The number of rotatable bonds is 7. The number of hydrogen-bond donors (Lipinski definition) is 2. The number of halogens is 4. The summed E-state index contributed by atoms with van der Waals surface area (Å²) in [6, 6.07) is -0.536. The highest BCUT2D eigenvalue weighted by molar-refractivity contribution is 5.66. The van der Waals surface area contributed by atoms with Crippen molar-refractivity contribution in [2.24, 2.45) is 0 Å². The average Bonchev–Trinajstić information content (AvgIpc) is 2.11. The zero-order valence-corrected chi connectivity index (χ0v) is 8.14. The van der Waals surface area contributed by atoms with Crippen molar-refractivity contribution in [1.29, 1.82) is 0 Å². The van der Waals surface area contributed by atoms with Gasteiger partial charge in [-0.15, -0.1) is 0 Å². The Hall–Kier alpha value is -0.850. The van der Waals surface area contributed by atoms with Crippen molar-refractivity contribution < 1.29 is 27.5 Å². The molecule has 3 nitrogen and oxygen atoms in total. The number of alkyl halides is 4. The molecule has 0 bridgehead atoms. The van der Waals surface area contributed by atoms with Gasteiger partial charge in [-0.1, -0.05) is 0 Å². The van der Waals surface area contributed by atoms with Crippen LogP contribution in [0, 0.1) is 0 Å². The lowest BCUT2D eigenvalue weighted by atomic mass is 10.2. The third-order valence-electron chi connectivity index (χ3n) is 1.80. The molecule has 7 heteroatoms. The second-order valence-corrected chi connectivity index (χ2v) is 3.28. The minimum Gasteiger partial charge on any atom is -0.481 e. The standard InChI is InChI=1S/C8H13F4NO2/c1-5(2-3-6(14)15)13-4-8(11,12)7(9)10/h5,7,13H,2-4H2,1H3,(H,14,15). The lowest BCUT2D eigenvalue weighted by Crippen LogP contribution is -2.42. The van der Waals surface area contributed by atoms with E-state index in [1.807, 2.05) is 0 Å². The van der Waals surface area contributed by atoms with Crippen LogP contribution < -0.4 is 5.32 Å². The van der Waals surface area contributed by atoms with Gasteiger partial charge in [-0.25, -0.2) is 8.78 Å². The second kappa shape index (κ2) is 5.89. The molecule has 0 fully saturated rings. The number of carboxylic acid groups (broad SMARTS) is 1. The van der Waals surface area contributed by atoms with Crippen molar-refractivity contribution in [2.45, 2.75) is 38.2 Å². The number of carbonyl (C=O) groups is 1. The van der Waals surface area contributed by atoms with Crippen LogP contribution in [-0.2, 0) is 4.79 Å². The van der Waals surface area contributed by atoms with Gasteiger partial charge < -0.3 is 10.4 Å². The van der Waals surface area contributed by atoms with Crippen molar-refractivity contribution >= 4 is 5.97 Å². The van der Waals surface area contributed by atoms with Gasteiger partial charge in [0.15, 0.2) is 0 Å². The Morgan fingerprint density at radius 2 is 2.00 bits per heavy atom. The van der Waals surface area contributed by atoms with Crippen molar-refractivity contribution in [3.63, 3.8) is 0 Å². The molecule has 0 aromatic carbocycles. The van der Waals surface area contributed by atoms with E-state index in [1.165, 1.54) is 6.92 Å². The van der Waals surface area contributed by atoms with Crippen molar-refractivity contribution in [1.82, 2.24) is 5.32 Å². The molecule has 0 heterocycles. The summed E-state index contributed by atoms with van der Waals surface area (Å²) in [6.45, 7) is 0.315. The molecular formula is C8H13F4NO2. The van der Waals surface area contributed by atoms with Crippen LogP contribution in [0.15, 0.2) is 0 Å². The molecular weight excluding hydrogens is 218 g/mol. The molecule has 0 aliphatic carbocycles. The summed E-state index contributed by atoms with van der Waals surface area (Å²) in [6.07, 6.45) is -3.78. The molecule has 0 saturated carbocycles. The van der Waals surface area contributed by atoms with E-state index in [9.17, 15) is 22.4 Å². The predicted molar refractivity (Wildman–Crippen MR) is 45.3 cm³/mol. The molecule has 1 unspecified atom stereocenters. The summed E-state index contributed by atoms with van der Waals surface area (Å²) in [4.78, 5) is 10.1. The zero-order chi connectivity index (χ0) is 12.1. The molecule has 0 amide bonds. The monoisotopic (exact) mass is 231 g/mol. The molecule has 0 radical (unpaired) electrons. The first kappa shape index (κ1) is 14.2. The summed E-state index contributed by atoms with van der Waals surface area (Å²) in [5, 5.41) is 10.4. The van der Waals surface area contributed by atoms with E-state index in [0.29, 0.717) is 0 Å². The minimum absolute atomic E-state index is 0.120. The largest absolute Gasteiger partial charge is 0.481 e. The van der Waals surface area contributed by atoms with Gasteiger partial charge in [-0.05, 0) is 13.3 Å². The van der Waals surface area contributed by atoms with E-state index in [1.54, 1.807) is 0 Å².